The molecule has 1 fully saturated rings. The van der Waals surface area contributed by atoms with E-state index >= 15 is 0 Å². The molecule has 16 heteroatoms. The molecule has 58 heavy (non-hydrogen) atoms. The highest BCUT2D eigenvalue weighted by molar-refractivity contribution is 7.78. The van der Waals surface area contributed by atoms with Gasteiger partial charge in [0.15, 0.2) is 8.32 Å². The van der Waals surface area contributed by atoms with Crippen molar-refractivity contribution < 1.29 is 36.9 Å². The van der Waals surface area contributed by atoms with Crippen LogP contribution in [0, 0.1) is 10.8 Å². The van der Waals surface area contributed by atoms with Gasteiger partial charge in [-0.05, 0) is 76.4 Å². The number of ether oxygens (including phenoxy) is 1. The molecule has 0 aromatic carbocycles. The summed E-state index contributed by atoms with van der Waals surface area (Å²) in [6, 6.07) is 0. The Labute approximate surface area is 356 Å². The summed E-state index contributed by atoms with van der Waals surface area (Å²) in [6.07, 6.45) is 0.503. The molecule has 0 aromatic heterocycles. The molecule has 0 spiro atoms. The third-order valence-electron chi connectivity index (χ3n) is 10.7. The van der Waals surface area contributed by atoms with Gasteiger partial charge in [-0.15, -0.1) is 0 Å². The van der Waals surface area contributed by atoms with Crippen molar-refractivity contribution in [3.05, 3.63) is 0 Å². The van der Waals surface area contributed by atoms with E-state index in [0.29, 0.717) is 32.6 Å². The van der Waals surface area contributed by atoms with Gasteiger partial charge in [-0.2, -0.15) is 0 Å². The number of hydrogen-bond donors (Lipinski definition) is 1. The lowest BCUT2D eigenvalue weighted by molar-refractivity contribution is -0.156. The summed E-state index contributed by atoms with van der Waals surface area (Å²) in [6.45, 7) is 45.1. The standard InChI is InChI=1S/C42H89N5O8P2Si/c1-19-52-56(15,50)42(57(16,51)53-20-2,55-58(17,18)41(12,13)14)22-21-23-43-36(48)32-44-24-25-45(33-37(49)54-40(9,10)11)27-29-47(35-39(6,7)8)31-30-46(28-26-44)34-38(3,4)5/h19-35H2,1-18H3,(H,43,48). The van der Waals surface area contributed by atoms with Crippen molar-refractivity contribution in [1.82, 2.24) is 24.9 Å². The van der Waals surface area contributed by atoms with Gasteiger partial charge >= 0.3 is 5.97 Å². The maximum atomic E-state index is 14.6. The highest BCUT2D eigenvalue weighted by atomic mass is 31.2. The highest BCUT2D eigenvalue weighted by Gasteiger charge is 2.62. The molecule has 344 valence electrons. The zero-order valence-electron chi connectivity index (χ0n) is 40.5. The van der Waals surface area contributed by atoms with E-state index in [9.17, 15) is 18.7 Å². The predicted octanol–water partition coefficient (Wildman–Crippen LogP) is 8.10. The number of nitrogens with zero attached hydrogens (tertiary/aromatic N) is 4. The lowest BCUT2D eigenvalue weighted by Gasteiger charge is -2.49. The number of esters is 1. The quantitative estimate of drug-likeness (QED) is 0.0618. The zero-order valence-corrected chi connectivity index (χ0v) is 43.3. The first-order valence-corrected chi connectivity index (χ1v) is 28.8. The summed E-state index contributed by atoms with van der Waals surface area (Å²) >= 11 is 0. The molecule has 2 unspecified atom stereocenters. The number of amides is 1. The van der Waals surface area contributed by atoms with E-state index in [1.165, 1.54) is 13.3 Å². The molecule has 1 saturated heterocycles. The van der Waals surface area contributed by atoms with Crippen molar-refractivity contribution in [3.8, 4) is 0 Å². The van der Waals surface area contributed by atoms with Crippen LogP contribution in [0.5, 0.6) is 0 Å². The fourth-order valence-corrected chi connectivity index (χ4v) is 16.5. The molecule has 1 N–H and O–H groups in total. The highest BCUT2D eigenvalue weighted by Crippen LogP contribution is 2.77. The van der Waals surface area contributed by atoms with Gasteiger partial charge in [-0.3, -0.25) is 28.5 Å². The monoisotopic (exact) mass is 882 g/mol. The molecule has 0 aliphatic carbocycles. The van der Waals surface area contributed by atoms with Crippen LogP contribution in [-0.2, 0) is 36.9 Å². The summed E-state index contributed by atoms with van der Waals surface area (Å²) in [7, 11) is -10.00. The lowest BCUT2D eigenvalue weighted by atomic mass is 9.95. The lowest BCUT2D eigenvalue weighted by Crippen LogP contribution is -2.51. The van der Waals surface area contributed by atoms with E-state index < -0.39 is 33.7 Å². The van der Waals surface area contributed by atoms with Crippen LogP contribution < -0.4 is 5.32 Å². The molecule has 1 aliphatic rings. The predicted molar refractivity (Wildman–Crippen MR) is 244 cm³/mol. The van der Waals surface area contributed by atoms with Crippen molar-refractivity contribution in [1.29, 1.82) is 0 Å². The average Bonchev–Trinajstić information content (AvgIpc) is 3.00. The molecular weight excluding hydrogens is 793 g/mol. The molecule has 0 radical (unpaired) electrons. The van der Waals surface area contributed by atoms with Crippen LogP contribution in [0.1, 0.15) is 110 Å². The second-order valence-electron chi connectivity index (χ2n) is 21.4. The van der Waals surface area contributed by atoms with Crippen LogP contribution in [0.3, 0.4) is 0 Å². The summed E-state index contributed by atoms with van der Waals surface area (Å²) in [4.78, 5) is 36.2. The summed E-state index contributed by atoms with van der Waals surface area (Å²) in [5, 5.41) is 1.18. The van der Waals surface area contributed by atoms with Gasteiger partial charge in [0.2, 0.25) is 25.7 Å². The first kappa shape index (κ1) is 55.4. The second kappa shape index (κ2) is 22.6. The van der Waals surface area contributed by atoms with E-state index in [2.05, 4.69) is 100 Å². The Morgan fingerprint density at radius 1 is 0.638 bits per heavy atom. The Bertz CT molecular complexity index is 1350. The molecule has 1 heterocycles. The van der Waals surface area contributed by atoms with Gasteiger partial charge in [0.05, 0.1) is 26.3 Å². The Kier molecular flexibility index (Phi) is 21.6. The number of nitrogens with one attached hydrogen (secondary N) is 1. The molecule has 1 rings (SSSR count). The Morgan fingerprint density at radius 3 is 1.36 bits per heavy atom. The van der Waals surface area contributed by atoms with E-state index in [1.807, 2.05) is 20.8 Å². The smallest absolute Gasteiger partial charge is 0.320 e. The first-order valence-electron chi connectivity index (χ1n) is 21.7. The zero-order chi connectivity index (χ0) is 45.0. The fourth-order valence-electron chi connectivity index (χ4n) is 7.12. The van der Waals surface area contributed by atoms with E-state index in [4.69, 9.17) is 18.2 Å². The van der Waals surface area contributed by atoms with Crippen LogP contribution >= 0.6 is 14.7 Å². The molecule has 0 saturated carbocycles. The Balaban J connectivity index is 3.36. The third kappa shape index (κ3) is 19.6. The van der Waals surface area contributed by atoms with Crippen LogP contribution in [0.2, 0.25) is 18.1 Å². The first-order chi connectivity index (χ1) is 26.2. The molecule has 13 nitrogen and oxygen atoms in total. The van der Waals surface area contributed by atoms with Crippen LogP contribution in [0.15, 0.2) is 0 Å². The number of carbonyl (C=O) groups is 2. The minimum Gasteiger partial charge on any atom is -0.459 e. The molecule has 0 bridgehead atoms. The molecular formula is C42H89N5O8P2Si. The molecule has 2 atom stereocenters. The Morgan fingerprint density at radius 2 is 1.02 bits per heavy atom. The van der Waals surface area contributed by atoms with Gasteiger partial charge in [-0.25, -0.2) is 0 Å². The Hall–Kier alpha value is -0.663. The molecule has 1 aliphatic heterocycles. The summed E-state index contributed by atoms with van der Waals surface area (Å²) < 4.78 is 53.6. The van der Waals surface area contributed by atoms with Crippen LogP contribution in [0.25, 0.3) is 0 Å². The largest absolute Gasteiger partial charge is 0.459 e. The maximum absolute atomic E-state index is 14.6. The number of rotatable bonds is 18. The van der Waals surface area contributed by atoms with Crippen molar-refractivity contribution >= 4 is 34.9 Å². The van der Waals surface area contributed by atoms with E-state index in [0.717, 1.165) is 39.3 Å². The normalized spacial score (nSPS) is 20.6. The van der Waals surface area contributed by atoms with Crippen molar-refractivity contribution in [2.45, 2.75) is 139 Å². The second-order valence-corrected chi connectivity index (χ2v) is 31.8. The van der Waals surface area contributed by atoms with Gasteiger partial charge in [0.25, 0.3) is 0 Å². The van der Waals surface area contributed by atoms with Gasteiger partial charge < -0.3 is 33.3 Å². The molecule has 0 aromatic rings. The maximum Gasteiger partial charge on any atom is 0.320 e. The molecule has 1 amide bonds. The van der Waals surface area contributed by atoms with Gasteiger partial charge in [-0.1, -0.05) is 62.3 Å². The number of carbonyl (C=O) groups excluding carboxylic acids is 2. The minimum atomic E-state index is -3.67. The van der Waals surface area contributed by atoms with E-state index in [-0.39, 0.29) is 67.0 Å². The van der Waals surface area contributed by atoms with Crippen molar-refractivity contribution in [3.63, 3.8) is 0 Å². The topological polar surface area (TPSA) is 130 Å². The minimum absolute atomic E-state index is 0.108. The van der Waals surface area contributed by atoms with Gasteiger partial charge in [0, 0.05) is 85.3 Å². The average molecular weight is 882 g/mol. The fraction of sp³-hybridized carbons (Fsp3) is 0.952. The van der Waals surface area contributed by atoms with E-state index in [1.54, 1.807) is 13.8 Å². The van der Waals surface area contributed by atoms with Crippen molar-refractivity contribution in [2.75, 3.05) is 112 Å². The van der Waals surface area contributed by atoms with Crippen LogP contribution in [0.4, 0.5) is 0 Å². The number of hydrogen-bond acceptors (Lipinski definition) is 12. The van der Waals surface area contributed by atoms with Gasteiger partial charge in [0.1, 0.15) is 5.60 Å². The SMILES string of the molecule is CCOP(C)(=O)C(CCCNC(=O)CN1CCN(CC(=O)OC(C)(C)C)CCN(CC(C)(C)C)CCN(CC(C)(C)C)CC1)(O[Si](C)(C)C(C)(C)C)P(C)(=O)OCC. The third-order valence-corrected chi connectivity index (χ3v) is 22.4. The summed E-state index contributed by atoms with van der Waals surface area (Å²) in [5.41, 5.74) is -0.339. The summed E-state index contributed by atoms with van der Waals surface area (Å²) in [5.74, 6) is -0.382. The van der Waals surface area contributed by atoms with Crippen LogP contribution in [-0.4, -0.2) is 162 Å². The van der Waals surface area contributed by atoms with Crippen molar-refractivity contribution in [2.24, 2.45) is 10.8 Å².